The molecule has 0 bridgehead atoms. The molecule has 1 aromatic rings. The van der Waals surface area contributed by atoms with Gasteiger partial charge in [0.1, 0.15) is 5.69 Å². The van der Waals surface area contributed by atoms with Crippen molar-refractivity contribution in [1.29, 1.82) is 0 Å². The van der Waals surface area contributed by atoms with Gasteiger partial charge in [-0.05, 0) is 25.1 Å². The van der Waals surface area contributed by atoms with Crippen molar-refractivity contribution in [2.75, 3.05) is 38.1 Å². The van der Waals surface area contributed by atoms with E-state index in [2.05, 4.69) is 17.1 Å². The lowest BCUT2D eigenvalue weighted by atomic mass is 10.0. The summed E-state index contributed by atoms with van der Waals surface area (Å²) >= 11 is 0. The number of rotatable bonds is 20. The molecule has 1 heterocycles. The first-order chi connectivity index (χ1) is 17.8. The third kappa shape index (κ3) is 13.0. The summed E-state index contributed by atoms with van der Waals surface area (Å²) in [6.45, 7) is 6.03. The number of nitrogens with one attached hydrogen (secondary N) is 1. The van der Waals surface area contributed by atoms with Crippen molar-refractivity contribution in [2.45, 2.75) is 108 Å². The number of sulfonamides is 1. The molecule has 1 fully saturated rings. The molecule has 1 aliphatic rings. The topological polar surface area (TPSA) is 128 Å². The van der Waals surface area contributed by atoms with Crippen LogP contribution in [0.4, 0.5) is 11.4 Å². The fourth-order valence-corrected chi connectivity index (χ4v) is 5.38. The van der Waals surface area contributed by atoms with E-state index in [0.29, 0.717) is 13.2 Å². The molecule has 0 aliphatic carbocycles. The molecule has 37 heavy (non-hydrogen) atoms. The molecule has 1 aliphatic heterocycles. The van der Waals surface area contributed by atoms with E-state index in [-0.39, 0.29) is 22.4 Å². The number of nitro groups is 1. The van der Waals surface area contributed by atoms with E-state index in [4.69, 9.17) is 9.88 Å². The third-order valence-electron chi connectivity index (χ3n) is 7.07. The molecule has 2 rings (SSSR count). The molecule has 3 N–H and O–H groups in total. The molecule has 1 atom stereocenters. The van der Waals surface area contributed by atoms with Crippen LogP contribution in [-0.4, -0.2) is 57.1 Å². The summed E-state index contributed by atoms with van der Waals surface area (Å²) in [5.74, 6) is 0. The zero-order valence-corrected chi connectivity index (χ0v) is 23.5. The van der Waals surface area contributed by atoms with Crippen molar-refractivity contribution < 1.29 is 18.1 Å². The van der Waals surface area contributed by atoms with Crippen molar-refractivity contribution in [2.24, 2.45) is 5.14 Å². The maximum atomic E-state index is 11.5. The van der Waals surface area contributed by atoms with Crippen LogP contribution < -0.4 is 10.5 Å². The molecular weight excluding hydrogens is 492 g/mol. The standard InChI is InChI=1S/C27H48N4O5S/c1-2-3-4-5-6-7-8-9-10-11-12-13-14-15-18-30-19-20-36-24(23-30)22-29-26-17-16-25(37(28,34)35)21-27(26)31(32)33/h16-17,21,24,29H,2-15,18-20,22-23H2,1H3,(H2,28,34,35). The highest BCUT2D eigenvalue weighted by molar-refractivity contribution is 7.89. The minimum absolute atomic E-state index is 0.0853. The van der Waals surface area contributed by atoms with Crippen molar-refractivity contribution in [3.63, 3.8) is 0 Å². The van der Waals surface area contributed by atoms with E-state index >= 15 is 0 Å². The number of nitrogens with two attached hydrogens (primary N) is 1. The van der Waals surface area contributed by atoms with Gasteiger partial charge in [0, 0.05) is 25.7 Å². The Morgan fingerprint density at radius 3 is 2.11 bits per heavy atom. The van der Waals surface area contributed by atoms with Gasteiger partial charge in [-0.25, -0.2) is 13.6 Å². The minimum Gasteiger partial charge on any atom is -0.377 e. The number of nitrogens with zero attached hydrogens (tertiary/aromatic N) is 2. The number of hydrogen-bond acceptors (Lipinski definition) is 7. The first kappa shape index (κ1) is 31.5. The number of ether oxygens (including phenoxy) is 1. The summed E-state index contributed by atoms with van der Waals surface area (Å²) in [6.07, 6.45) is 18.8. The van der Waals surface area contributed by atoms with Gasteiger partial charge in [-0.15, -0.1) is 0 Å². The third-order valence-corrected chi connectivity index (χ3v) is 7.98. The normalized spacial score (nSPS) is 16.6. The molecule has 0 radical (unpaired) electrons. The molecule has 0 spiro atoms. The second kappa shape index (κ2) is 17.7. The van der Waals surface area contributed by atoms with Crippen molar-refractivity contribution in [1.82, 2.24) is 4.90 Å². The largest absolute Gasteiger partial charge is 0.377 e. The van der Waals surface area contributed by atoms with Gasteiger partial charge in [-0.1, -0.05) is 90.4 Å². The number of anilines is 1. The van der Waals surface area contributed by atoms with Crippen molar-refractivity contribution >= 4 is 21.4 Å². The smallest absolute Gasteiger partial charge is 0.293 e. The monoisotopic (exact) mass is 540 g/mol. The van der Waals surface area contributed by atoms with Crippen LogP contribution in [0.15, 0.2) is 23.1 Å². The summed E-state index contributed by atoms with van der Waals surface area (Å²) in [7, 11) is -4.01. The first-order valence-corrected chi connectivity index (χ1v) is 15.7. The molecule has 0 amide bonds. The molecule has 1 aromatic carbocycles. The van der Waals surface area contributed by atoms with Crippen molar-refractivity contribution in [3.8, 4) is 0 Å². The van der Waals surface area contributed by atoms with Crippen LogP contribution >= 0.6 is 0 Å². The van der Waals surface area contributed by atoms with Crippen molar-refractivity contribution in [3.05, 3.63) is 28.3 Å². The highest BCUT2D eigenvalue weighted by Gasteiger charge is 2.23. The number of benzene rings is 1. The summed E-state index contributed by atoms with van der Waals surface area (Å²) in [5.41, 5.74) is -0.0632. The summed E-state index contributed by atoms with van der Waals surface area (Å²) < 4.78 is 28.9. The maximum absolute atomic E-state index is 11.5. The fourth-order valence-electron chi connectivity index (χ4n) is 4.85. The van der Waals surface area contributed by atoms with E-state index in [9.17, 15) is 18.5 Å². The van der Waals surface area contributed by atoms with Crippen LogP contribution in [0.25, 0.3) is 0 Å². The highest BCUT2D eigenvalue weighted by Crippen LogP contribution is 2.27. The molecule has 0 aromatic heterocycles. The zero-order chi connectivity index (χ0) is 26.9. The Morgan fingerprint density at radius 1 is 1.00 bits per heavy atom. The van der Waals surface area contributed by atoms with Gasteiger partial charge in [-0.3, -0.25) is 15.0 Å². The molecular formula is C27H48N4O5S. The number of morpholine rings is 1. The molecule has 212 valence electrons. The van der Waals surface area contributed by atoms with Gasteiger partial charge in [0.15, 0.2) is 0 Å². The predicted molar refractivity (Wildman–Crippen MR) is 149 cm³/mol. The van der Waals surface area contributed by atoms with Gasteiger partial charge in [0.05, 0.1) is 22.5 Å². The highest BCUT2D eigenvalue weighted by atomic mass is 32.2. The van der Waals surface area contributed by atoms with Gasteiger partial charge in [-0.2, -0.15) is 0 Å². The van der Waals surface area contributed by atoms with Crippen LogP contribution in [0.1, 0.15) is 96.8 Å². The lowest BCUT2D eigenvalue weighted by molar-refractivity contribution is -0.384. The Kier molecular flexibility index (Phi) is 15.1. The van der Waals surface area contributed by atoms with Gasteiger partial charge >= 0.3 is 0 Å². The number of hydrogen-bond donors (Lipinski definition) is 2. The van der Waals surface area contributed by atoms with E-state index in [1.165, 1.54) is 102 Å². The van der Waals surface area contributed by atoms with Crippen LogP contribution in [0.3, 0.4) is 0 Å². The Morgan fingerprint density at radius 2 is 1.57 bits per heavy atom. The van der Waals surface area contributed by atoms with Crippen LogP contribution in [0.5, 0.6) is 0 Å². The van der Waals surface area contributed by atoms with E-state index in [0.717, 1.165) is 25.7 Å². The SMILES string of the molecule is CCCCCCCCCCCCCCCCN1CCOC(CNc2ccc(S(N)(=O)=O)cc2[N+](=O)[O-])C1. The van der Waals surface area contributed by atoms with E-state index in [1.54, 1.807) is 0 Å². The van der Waals surface area contributed by atoms with E-state index in [1.807, 2.05) is 0 Å². The molecule has 10 heteroatoms. The maximum Gasteiger partial charge on any atom is 0.293 e. The molecule has 0 saturated carbocycles. The summed E-state index contributed by atoms with van der Waals surface area (Å²) in [4.78, 5) is 12.9. The average Bonchev–Trinajstić information content (AvgIpc) is 2.87. The van der Waals surface area contributed by atoms with Gasteiger partial charge < -0.3 is 10.1 Å². The second-order valence-corrected chi connectivity index (χ2v) is 11.8. The Bertz CT molecular complexity index is 897. The van der Waals surface area contributed by atoms with E-state index < -0.39 is 14.9 Å². The Balaban J connectivity index is 1.56. The Labute approximate surface area is 223 Å². The van der Waals surface area contributed by atoms with Gasteiger partial charge in [0.2, 0.25) is 10.0 Å². The lowest BCUT2D eigenvalue weighted by Crippen LogP contribution is -2.45. The first-order valence-electron chi connectivity index (χ1n) is 14.2. The quantitative estimate of drug-likeness (QED) is 0.121. The zero-order valence-electron chi connectivity index (χ0n) is 22.7. The van der Waals surface area contributed by atoms with Crippen LogP contribution in [-0.2, 0) is 14.8 Å². The number of nitro benzene ring substituents is 1. The molecule has 1 saturated heterocycles. The summed E-state index contributed by atoms with van der Waals surface area (Å²) in [6, 6.07) is 3.64. The number of unbranched alkanes of at least 4 members (excludes halogenated alkanes) is 13. The minimum atomic E-state index is -4.01. The fraction of sp³-hybridized carbons (Fsp3) is 0.778. The van der Waals surface area contributed by atoms with Crippen LogP contribution in [0, 0.1) is 10.1 Å². The second-order valence-electron chi connectivity index (χ2n) is 10.3. The predicted octanol–water partition coefficient (Wildman–Crippen LogP) is 5.84. The van der Waals surface area contributed by atoms with Crippen LogP contribution in [0.2, 0.25) is 0 Å². The molecule has 1 unspecified atom stereocenters. The lowest BCUT2D eigenvalue weighted by Gasteiger charge is -2.33. The number of primary sulfonamides is 1. The molecule has 9 nitrogen and oxygen atoms in total. The Hall–Kier alpha value is -1.75. The summed E-state index contributed by atoms with van der Waals surface area (Å²) in [5, 5.41) is 19.6. The van der Waals surface area contributed by atoms with Gasteiger partial charge in [0.25, 0.3) is 5.69 Å². The average molecular weight is 541 g/mol.